The highest BCUT2D eigenvalue weighted by Gasteiger charge is 2.11. The molecule has 0 amide bonds. The molecule has 0 unspecified atom stereocenters. The van der Waals surface area contributed by atoms with E-state index >= 15 is 0 Å². The van der Waals surface area contributed by atoms with Crippen molar-refractivity contribution in [1.29, 1.82) is 0 Å². The fraction of sp³-hybridized carbons (Fsp3) is 0. The topological polar surface area (TPSA) is 67.9 Å². The van der Waals surface area contributed by atoms with Gasteiger partial charge in [-0.2, -0.15) is 0 Å². The summed E-state index contributed by atoms with van der Waals surface area (Å²) in [6, 6.07) is 15.7. The molecule has 5 nitrogen and oxygen atoms in total. The zero-order chi connectivity index (χ0) is 12.8. The summed E-state index contributed by atoms with van der Waals surface area (Å²) < 4.78 is 3.89. The van der Waals surface area contributed by atoms with E-state index in [-0.39, 0.29) is 11.4 Å². The average molecular weight is 259 g/mol. The van der Waals surface area contributed by atoms with Gasteiger partial charge in [0.25, 0.3) is 5.69 Å². The van der Waals surface area contributed by atoms with Crippen LogP contribution in [0.2, 0.25) is 0 Å². The summed E-state index contributed by atoms with van der Waals surface area (Å²) in [6.07, 6.45) is 0. The van der Waals surface area contributed by atoms with Gasteiger partial charge in [0, 0.05) is 22.9 Å². The van der Waals surface area contributed by atoms with E-state index in [4.69, 9.17) is 0 Å². The normalized spacial score (nSPS) is 10.7. The fourth-order valence-electron chi connectivity index (χ4n) is 1.30. The van der Waals surface area contributed by atoms with E-state index in [2.05, 4.69) is 9.63 Å². The Morgan fingerprint density at radius 1 is 1.00 bits per heavy atom. The summed E-state index contributed by atoms with van der Waals surface area (Å²) in [5.74, 6) is 0. The molecule has 2 rings (SSSR count). The SMILES string of the molecule is O=[N+]([O-])c1ccccc1N=NSc1ccccc1. The second kappa shape index (κ2) is 5.92. The largest absolute Gasteiger partial charge is 0.296 e. The maximum Gasteiger partial charge on any atom is 0.296 e. The van der Waals surface area contributed by atoms with Crippen LogP contribution in [0.5, 0.6) is 0 Å². The molecule has 0 radical (unpaired) electrons. The monoisotopic (exact) mass is 259 g/mol. The predicted octanol–water partition coefficient (Wildman–Crippen LogP) is 4.39. The van der Waals surface area contributed by atoms with E-state index in [9.17, 15) is 10.1 Å². The molecule has 0 bridgehead atoms. The summed E-state index contributed by atoms with van der Waals surface area (Å²) in [4.78, 5) is 11.2. The van der Waals surface area contributed by atoms with Gasteiger partial charge < -0.3 is 0 Å². The van der Waals surface area contributed by atoms with E-state index in [1.54, 1.807) is 18.2 Å². The molecule has 0 aliphatic heterocycles. The van der Waals surface area contributed by atoms with Crippen molar-refractivity contribution in [1.82, 2.24) is 0 Å². The molecule has 0 aliphatic carbocycles. The van der Waals surface area contributed by atoms with E-state index in [1.807, 2.05) is 30.3 Å². The molecule has 18 heavy (non-hydrogen) atoms. The zero-order valence-corrected chi connectivity index (χ0v) is 10.1. The molecule has 2 aromatic carbocycles. The van der Waals surface area contributed by atoms with Crippen LogP contribution in [0.3, 0.4) is 0 Å². The van der Waals surface area contributed by atoms with Gasteiger partial charge in [0.1, 0.15) is 0 Å². The Morgan fingerprint density at radius 3 is 2.39 bits per heavy atom. The Bertz CT molecular complexity index is 573. The first-order chi connectivity index (χ1) is 8.77. The minimum absolute atomic E-state index is 0.0464. The molecule has 0 spiro atoms. The zero-order valence-electron chi connectivity index (χ0n) is 9.26. The lowest BCUT2D eigenvalue weighted by Gasteiger charge is -1.95. The summed E-state index contributed by atoms with van der Waals surface area (Å²) in [5, 5.41) is 14.6. The van der Waals surface area contributed by atoms with E-state index in [1.165, 1.54) is 18.0 Å². The third-order valence-electron chi connectivity index (χ3n) is 2.12. The van der Waals surface area contributed by atoms with E-state index in [0.717, 1.165) is 4.90 Å². The van der Waals surface area contributed by atoms with Crippen LogP contribution in [0.25, 0.3) is 0 Å². The van der Waals surface area contributed by atoms with Crippen LogP contribution in [0.4, 0.5) is 11.4 Å². The Labute approximate surface area is 108 Å². The molecule has 0 aromatic heterocycles. The Morgan fingerprint density at radius 2 is 1.67 bits per heavy atom. The molecule has 0 atom stereocenters. The minimum Gasteiger partial charge on any atom is -0.258 e. The van der Waals surface area contributed by atoms with Gasteiger partial charge in [-0.05, 0) is 18.2 Å². The fourth-order valence-corrected chi connectivity index (χ4v) is 1.80. The number of para-hydroxylation sites is 1. The van der Waals surface area contributed by atoms with Crippen molar-refractivity contribution in [3.05, 3.63) is 64.7 Å². The van der Waals surface area contributed by atoms with Gasteiger partial charge >= 0.3 is 0 Å². The molecule has 90 valence electrons. The molecule has 2 aromatic rings. The maximum absolute atomic E-state index is 10.8. The number of rotatable bonds is 4. The van der Waals surface area contributed by atoms with E-state index < -0.39 is 4.92 Å². The molecule has 0 fully saturated rings. The molecule has 0 heterocycles. The smallest absolute Gasteiger partial charge is 0.258 e. The number of nitro benzene ring substituents is 1. The summed E-state index contributed by atoms with van der Waals surface area (Å²) in [7, 11) is 0. The number of hydrogen-bond donors (Lipinski definition) is 0. The van der Waals surface area contributed by atoms with Crippen LogP contribution < -0.4 is 0 Å². The molecule has 6 heteroatoms. The second-order valence-electron chi connectivity index (χ2n) is 3.33. The number of nitrogens with zero attached hydrogens (tertiary/aromatic N) is 3. The second-order valence-corrected chi connectivity index (χ2v) is 4.15. The standard InChI is InChI=1S/C12H9N3O2S/c16-15(17)12-9-5-4-8-11(12)13-14-18-10-6-2-1-3-7-10/h1-9H. The third-order valence-corrected chi connectivity index (χ3v) is 2.76. The highest BCUT2D eigenvalue weighted by Crippen LogP contribution is 2.29. The van der Waals surface area contributed by atoms with Crippen molar-refractivity contribution in [3.63, 3.8) is 0 Å². The molecule has 0 aliphatic rings. The van der Waals surface area contributed by atoms with Crippen molar-refractivity contribution in [2.24, 2.45) is 9.63 Å². The minimum atomic E-state index is -0.471. The quantitative estimate of drug-likeness (QED) is 0.354. The van der Waals surface area contributed by atoms with Gasteiger partial charge in [0.15, 0.2) is 5.69 Å². The van der Waals surface area contributed by atoms with Gasteiger partial charge in [-0.15, -0.1) is 9.63 Å². The predicted molar refractivity (Wildman–Crippen MR) is 69.9 cm³/mol. The maximum atomic E-state index is 10.8. The molecule has 0 saturated heterocycles. The van der Waals surface area contributed by atoms with Crippen LogP contribution in [0.15, 0.2) is 69.1 Å². The van der Waals surface area contributed by atoms with Crippen molar-refractivity contribution in [3.8, 4) is 0 Å². The Balaban J connectivity index is 2.12. The number of nitro groups is 1. The van der Waals surface area contributed by atoms with Crippen LogP contribution >= 0.6 is 11.9 Å². The van der Waals surface area contributed by atoms with Crippen molar-refractivity contribution >= 4 is 23.3 Å². The van der Waals surface area contributed by atoms with Gasteiger partial charge in [-0.25, -0.2) is 0 Å². The van der Waals surface area contributed by atoms with Gasteiger partial charge in [-0.1, -0.05) is 30.3 Å². The van der Waals surface area contributed by atoms with Gasteiger partial charge in [0.05, 0.1) is 4.92 Å². The van der Waals surface area contributed by atoms with Crippen molar-refractivity contribution < 1.29 is 4.92 Å². The molecule has 0 saturated carbocycles. The Kier molecular flexibility index (Phi) is 4.03. The van der Waals surface area contributed by atoms with Crippen LogP contribution in [-0.2, 0) is 0 Å². The van der Waals surface area contributed by atoms with Gasteiger partial charge in [-0.3, -0.25) is 10.1 Å². The van der Waals surface area contributed by atoms with Crippen molar-refractivity contribution in [2.45, 2.75) is 4.90 Å². The highest BCUT2D eigenvalue weighted by atomic mass is 32.2. The van der Waals surface area contributed by atoms with Crippen LogP contribution in [-0.4, -0.2) is 4.92 Å². The first-order valence-corrected chi connectivity index (χ1v) is 5.91. The lowest BCUT2D eigenvalue weighted by atomic mass is 10.3. The van der Waals surface area contributed by atoms with Crippen molar-refractivity contribution in [2.75, 3.05) is 0 Å². The van der Waals surface area contributed by atoms with Gasteiger partial charge in [0.2, 0.25) is 0 Å². The first-order valence-electron chi connectivity index (χ1n) is 5.14. The summed E-state index contributed by atoms with van der Waals surface area (Å²) >= 11 is 1.17. The molecular formula is C12H9N3O2S. The lowest BCUT2D eigenvalue weighted by molar-refractivity contribution is -0.384. The van der Waals surface area contributed by atoms with Crippen LogP contribution in [0.1, 0.15) is 0 Å². The number of benzene rings is 2. The molecular weight excluding hydrogens is 250 g/mol. The van der Waals surface area contributed by atoms with E-state index in [0.29, 0.717) is 0 Å². The first kappa shape index (κ1) is 12.3. The Hall–Kier alpha value is -2.21. The lowest BCUT2D eigenvalue weighted by Crippen LogP contribution is -1.86. The summed E-state index contributed by atoms with van der Waals surface area (Å²) in [6.45, 7) is 0. The number of hydrogen-bond acceptors (Lipinski definition) is 5. The summed E-state index contributed by atoms with van der Waals surface area (Å²) in [5.41, 5.74) is 0.209. The average Bonchev–Trinajstić information content (AvgIpc) is 2.40. The highest BCUT2D eigenvalue weighted by molar-refractivity contribution is 7.97. The van der Waals surface area contributed by atoms with Crippen LogP contribution in [0, 0.1) is 10.1 Å². The third kappa shape index (κ3) is 3.14. The molecule has 0 N–H and O–H groups in total.